The zero-order valence-electron chi connectivity index (χ0n) is 15.8. The maximum atomic E-state index is 12.4. The topological polar surface area (TPSA) is 67.4 Å². The molecule has 26 heavy (non-hydrogen) atoms. The van der Waals surface area contributed by atoms with Crippen molar-refractivity contribution in [3.05, 3.63) is 58.7 Å². The second-order valence-corrected chi connectivity index (χ2v) is 6.08. The maximum absolute atomic E-state index is 12.4. The van der Waals surface area contributed by atoms with Gasteiger partial charge in [0.2, 0.25) is 5.91 Å². The molecule has 0 saturated heterocycles. The Morgan fingerprint density at radius 2 is 1.69 bits per heavy atom. The van der Waals surface area contributed by atoms with Gasteiger partial charge < -0.3 is 15.4 Å². The van der Waals surface area contributed by atoms with Gasteiger partial charge in [0.25, 0.3) is 0 Å². The zero-order chi connectivity index (χ0) is 19.1. The number of hydrogen-bond donors (Lipinski definition) is 2. The molecular formula is C21H26N2O3. The third kappa shape index (κ3) is 4.63. The number of ether oxygens (including phenoxy) is 1. The summed E-state index contributed by atoms with van der Waals surface area (Å²) in [7, 11) is 1.35. The van der Waals surface area contributed by atoms with Crippen molar-refractivity contribution in [2.75, 3.05) is 24.3 Å². The Kier molecular flexibility index (Phi) is 6.78. The van der Waals surface area contributed by atoms with E-state index in [0.29, 0.717) is 5.56 Å². The quantitative estimate of drug-likeness (QED) is 0.739. The van der Waals surface area contributed by atoms with Crippen molar-refractivity contribution in [2.24, 2.45) is 0 Å². The van der Waals surface area contributed by atoms with Gasteiger partial charge in [0, 0.05) is 11.4 Å². The number of hydrogen-bond acceptors (Lipinski definition) is 4. The van der Waals surface area contributed by atoms with Crippen molar-refractivity contribution in [1.29, 1.82) is 0 Å². The van der Waals surface area contributed by atoms with Gasteiger partial charge >= 0.3 is 5.97 Å². The van der Waals surface area contributed by atoms with Crippen molar-refractivity contribution < 1.29 is 14.3 Å². The standard InChI is InChI=1S/C21H26N2O3/c1-5-15-8-7-9-16(6-2)20(15)23-19(24)13-22-18-12-17(21(25)26-4)11-10-14(18)3/h7-12,22H,5-6,13H2,1-4H3,(H,23,24). The summed E-state index contributed by atoms with van der Waals surface area (Å²) in [6.45, 7) is 6.18. The van der Waals surface area contributed by atoms with Crippen molar-refractivity contribution in [1.82, 2.24) is 0 Å². The molecule has 2 aromatic carbocycles. The molecule has 0 aliphatic carbocycles. The molecular weight excluding hydrogens is 328 g/mol. The largest absolute Gasteiger partial charge is 0.465 e. The molecule has 2 N–H and O–H groups in total. The summed E-state index contributed by atoms with van der Waals surface area (Å²) in [4.78, 5) is 24.1. The molecule has 138 valence electrons. The lowest BCUT2D eigenvalue weighted by Crippen LogP contribution is -2.23. The lowest BCUT2D eigenvalue weighted by Gasteiger charge is -2.15. The molecule has 5 nitrogen and oxygen atoms in total. The van der Waals surface area contributed by atoms with E-state index in [2.05, 4.69) is 24.5 Å². The van der Waals surface area contributed by atoms with Gasteiger partial charge in [-0.2, -0.15) is 0 Å². The average molecular weight is 354 g/mol. The fraction of sp³-hybridized carbons (Fsp3) is 0.333. The van der Waals surface area contributed by atoms with Gasteiger partial charge in [-0.1, -0.05) is 38.1 Å². The Morgan fingerprint density at radius 1 is 1.04 bits per heavy atom. The SMILES string of the molecule is CCc1cccc(CC)c1NC(=O)CNc1cc(C(=O)OC)ccc1C. The highest BCUT2D eigenvalue weighted by Crippen LogP contribution is 2.23. The van der Waals surface area contributed by atoms with Crippen LogP contribution in [0.4, 0.5) is 11.4 Å². The van der Waals surface area contributed by atoms with Gasteiger partial charge in [-0.05, 0) is 48.6 Å². The molecule has 2 rings (SSSR count). The number of aryl methyl sites for hydroxylation is 3. The number of nitrogens with one attached hydrogen (secondary N) is 2. The molecule has 0 fully saturated rings. The summed E-state index contributed by atoms with van der Waals surface area (Å²) in [6, 6.07) is 11.3. The van der Waals surface area contributed by atoms with Gasteiger partial charge in [0.15, 0.2) is 0 Å². The highest BCUT2D eigenvalue weighted by Gasteiger charge is 2.12. The van der Waals surface area contributed by atoms with Gasteiger partial charge in [-0.25, -0.2) is 4.79 Å². The molecule has 1 amide bonds. The Bertz CT molecular complexity index is 778. The van der Waals surface area contributed by atoms with Crippen LogP contribution in [0.3, 0.4) is 0 Å². The van der Waals surface area contributed by atoms with E-state index in [1.165, 1.54) is 7.11 Å². The molecule has 2 aromatic rings. The third-order valence-electron chi connectivity index (χ3n) is 4.36. The van der Waals surface area contributed by atoms with Crippen LogP contribution in [0.2, 0.25) is 0 Å². The summed E-state index contributed by atoms with van der Waals surface area (Å²) in [5, 5.41) is 6.13. The van der Waals surface area contributed by atoms with Crippen molar-refractivity contribution in [3.63, 3.8) is 0 Å². The zero-order valence-corrected chi connectivity index (χ0v) is 15.8. The number of anilines is 2. The van der Waals surface area contributed by atoms with Gasteiger partial charge in [-0.3, -0.25) is 4.79 Å². The van der Waals surface area contributed by atoms with Crippen LogP contribution in [-0.4, -0.2) is 25.5 Å². The van der Waals surface area contributed by atoms with Gasteiger partial charge in [0.1, 0.15) is 0 Å². The van der Waals surface area contributed by atoms with E-state index in [4.69, 9.17) is 4.74 Å². The molecule has 0 bridgehead atoms. The Labute approximate surface area is 154 Å². The van der Waals surface area contributed by atoms with Gasteiger partial charge in [0.05, 0.1) is 19.2 Å². The minimum Gasteiger partial charge on any atom is -0.465 e. The molecule has 0 atom stereocenters. The van der Waals surface area contributed by atoms with E-state index >= 15 is 0 Å². The lowest BCUT2D eigenvalue weighted by atomic mass is 10.0. The van der Waals surface area contributed by atoms with E-state index < -0.39 is 5.97 Å². The molecule has 5 heteroatoms. The molecule has 0 aliphatic rings. The number of carbonyl (C=O) groups excluding carboxylic acids is 2. The van der Waals surface area contributed by atoms with Crippen LogP contribution < -0.4 is 10.6 Å². The fourth-order valence-electron chi connectivity index (χ4n) is 2.82. The number of carbonyl (C=O) groups is 2. The molecule has 0 aromatic heterocycles. The summed E-state index contributed by atoms with van der Waals surface area (Å²) in [6.07, 6.45) is 1.72. The van der Waals surface area contributed by atoms with Crippen LogP contribution >= 0.6 is 0 Å². The second kappa shape index (κ2) is 9.04. The number of rotatable bonds is 7. The monoisotopic (exact) mass is 354 g/mol. The van der Waals surface area contributed by atoms with Crippen LogP contribution in [0.15, 0.2) is 36.4 Å². The molecule has 0 heterocycles. The first kappa shape index (κ1) is 19.5. The Hall–Kier alpha value is -2.82. The van der Waals surface area contributed by atoms with Crippen LogP contribution in [0, 0.1) is 6.92 Å². The first-order valence-electron chi connectivity index (χ1n) is 8.83. The first-order valence-corrected chi connectivity index (χ1v) is 8.83. The van der Waals surface area contributed by atoms with Gasteiger partial charge in [-0.15, -0.1) is 0 Å². The number of methoxy groups -OCH3 is 1. The Balaban J connectivity index is 2.10. The molecule has 0 aliphatic heterocycles. The normalized spacial score (nSPS) is 10.3. The van der Waals surface area contributed by atoms with E-state index in [1.807, 2.05) is 31.2 Å². The van der Waals surface area contributed by atoms with Crippen LogP contribution in [0.25, 0.3) is 0 Å². The van der Waals surface area contributed by atoms with Crippen molar-refractivity contribution in [3.8, 4) is 0 Å². The highest BCUT2D eigenvalue weighted by atomic mass is 16.5. The minimum absolute atomic E-state index is 0.118. The fourth-order valence-corrected chi connectivity index (χ4v) is 2.82. The summed E-state index contributed by atoms with van der Waals surface area (Å²) in [5.74, 6) is -0.523. The predicted octanol–water partition coefficient (Wildman–Crippen LogP) is 3.96. The summed E-state index contributed by atoms with van der Waals surface area (Å²) >= 11 is 0. The molecule has 0 spiro atoms. The van der Waals surface area contributed by atoms with E-state index in [-0.39, 0.29) is 12.5 Å². The van der Waals surface area contributed by atoms with E-state index in [1.54, 1.807) is 12.1 Å². The number of esters is 1. The van der Waals surface area contributed by atoms with Crippen LogP contribution in [0.1, 0.15) is 40.9 Å². The third-order valence-corrected chi connectivity index (χ3v) is 4.36. The van der Waals surface area contributed by atoms with Crippen LogP contribution in [-0.2, 0) is 22.4 Å². The second-order valence-electron chi connectivity index (χ2n) is 6.08. The van der Waals surface area contributed by atoms with E-state index in [9.17, 15) is 9.59 Å². The lowest BCUT2D eigenvalue weighted by molar-refractivity contribution is -0.114. The maximum Gasteiger partial charge on any atom is 0.337 e. The predicted molar refractivity (Wildman–Crippen MR) is 105 cm³/mol. The molecule has 0 saturated carbocycles. The Morgan fingerprint density at radius 3 is 2.27 bits per heavy atom. The van der Waals surface area contributed by atoms with Crippen molar-refractivity contribution >= 4 is 23.3 Å². The smallest absolute Gasteiger partial charge is 0.337 e. The van der Waals surface area contributed by atoms with E-state index in [0.717, 1.165) is 40.9 Å². The van der Waals surface area contributed by atoms with Crippen LogP contribution in [0.5, 0.6) is 0 Å². The van der Waals surface area contributed by atoms with Crippen molar-refractivity contribution in [2.45, 2.75) is 33.6 Å². The highest BCUT2D eigenvalue weighted by molar-refractivity contribution is 5.96. The molecule has 0 unspecified atom stereocenters. The number of para-hydroxylation sites is 1. The number of benzene rings is 2. The average Bonchev–Trinajstić information content (AvgIpc) is 2.66. The first-order chi connectivity index (χ1) is 12.5. The summed E-state index contributed by atoms with van der Waals surface area (Å²) in [5.41, 5.74) is 5.30. The molecule has 0 radical (unpaired) electrons. The summed E-state index contributed by atoms with van der Waals surface area (Å²) < 4.78 is 4.74. The number of amides is 1. The minimum atomic E-state index is -0.401.